The first-order valence-corrected chi connectivity index (χ1v) is 5.22. The standard InChI is InChI=1S/C8H12N2O3S.Na/c1-8(2)4(7(12)13)10-5(11)3(9)6(10)14-8;/h3-4,6H,9H2,1-2H3,(H,12,13);/t3-,4+,6-;/m1./s1. The molecule has 7 heteroatoms. The van der Waals surface area contributed by atoms with E-state index in [-0.39, 0.29) is 40.8 Å². The summed E-state index contributed by atoms with van der Waals surface area (Å²) in [4.78, 5) is 23.8. The van der Waals surface area contributed by atoms with Crippen LogP contribution in [0.3, 0.4) is 0 Å². The third kappa shape index (κ3) is 1.72. The van der Waals surface area contributed by atoms with E-state index in [0.717, 1.165) is 0 Å². The summed E-state index contributed by atoms with van der Waals surface area (Å²) in [6.07, 6.45) is 0. The number of fused-ring (bicyclic) bond motifs is 1. The summed E-state index contributed by atoms with van der Waals surface area (Å²) in [5.41, 5.74) is 5.59. The molecule has 0 aliphatic carbocycles. The van der Waals surface area contributed by atoms with Crippen LogP contribution in [0.4, 0.5) is 0 Å². The van der Waals surface area contributed by atoms with E-state index in [1.807, 2.05) is 13.8 Å². The second-order valence-electron chi connectivity index (χ2n) is 4.12. The van der Waals surface area contributed by atoms with Gasteiger partial charge in [0.15, 0.2) is 0 Å². The average molecular weight is 239 g/mol. The van der Waals surface area contributed by atoms with E-state index in [1.54, 1.807) is 0 Å². The number of carboxylic acid groups (broad SMARTS) is 1. The zero-order valence-corrected chi connectivity index (χ0v) is 11.7. The van der Waals surface area contributed by atoms with Crippen LogP contribution in [-0.4, -0.2) is 73.6 Å². The Kier molecular flexibility index (Phi) is 3.48. The van der Waals surface area contributed by atoms with E-state index in [9.17, 15) is 9.59 Å². The second-order valence-corrected chi connectivity index (χ2v) is 5.89. The predicted octanol–water partition coefficient (Wildman–Crippen LogP) is -0.920. The van der Waals surface area contributed by atoms with Gasteiger partial charge < -0.3 is 15.7 Å². The molecular formula is C8H12N2NaO3S. The van der Waals surface area contributed by atoms with Crippen molar-refractivity contribution in [2.45, 2.75) is 36.1 Å². The minimum atomic E-state index is -0.953. The molecule has 2 fully saturated rings. The molecule has 0 spiro atoms. The van der Waals surface area contributed by atoms with Gasteiger partial charge in [-0.25, -0.2) is 4.79 Å². The summed E-state index contributed by atoms with van der Waals surface area (Å²) in [7, 11) is 0. The Balaban J connectivity index is 0.00000112. The van der Waals surface area contributed by atoms with Crippen LogP contribution in [0.15, 0.2) is 0 Å². The first-order valence-electron chi connectivity index (χ1n) is 4.34. The fraction of sp³-hybridized carbons (Fsp3) is 0.750. The van der Waals surface area contributed by atoms with E-state index in [4.69, 9.17) is 10.8 Å². The number of hydrogen-bond donors (Lipinski definition) is 2. The molecule has 2 aliphatic heterocycles. The van der Waals surface area contributed by atoms with Gasteiger partial charge in [-0.3, -0.25) is 4.79 Å². The summed E-state index contributed by atoms with van der Waals surface area (Å²) in [6, 6.07) is -1.27. The molecule has 2 saturated heterocycles. The van der Waals surface area contributed by atoms with Gasteiger partial charge in [0, 0.05) is 34.3 Å². The smallest absolute Gasteiger partial charge is 0.327 e. The number of nitrogens with zero attached hydrogens (tertiary/aromatic N) is 1. The maximum Gasteiger partial charge on any atom is 0.327 e. The van der Waals surface area contributed by atoms with Crippen LogP contribution in [0, 0.1) is 0 Å². The first kappa shape index (κ1) is 13.3. The van der Waals surface area contributed by atoms with E-state index in [2.05, 4.69) is 0 Å². The summed E-state index contributed by atoms with van der Waals surface area (Å²) in [6.45, 7) is 3.66. The van der Waals surface area contributed by atoms with Crippen molar-refractivity contribution in [3.63, 3.8) is 0 Å². The molecule has 0 bridgehead atoms. The molecule has 5 nitrogen and oxygen atoms in total. The number of amides is 1. The number of aliphatic carboxylic acids is 1. The Hall–Kier alpha value is 0.250. The van der Waals surface area contributed by atoms with Crippen molar-refractivity contribution < 1.29 is 14.7 Å². The van der Waals surface area contributed by atoms with E-state index < -0.39 is 22.8 Å². The molecule has 2 rings (SSSR count). The number of carbonyl (C=O) groups is 2. The molecule has 0 saturated carbocycles. The first-order chi connectivity index (χ1) is 6.36. The molecule has 0 unspecified atom stereocenters. The van der Waals surface area contributed by atoms with Crippen LogP contribution in [0.2, 0.25) is 0 Å². The minimum Gasteiger partial charge on any atom is -0.480 e. The zero-order chi connectivity index (χ0) is 10.7. The predicted molar refractivity (Wildman–Crippen MR) is 57.5 cm³/mol. The monoisotopic (exact) mass is 239 g/mol. The Labute approximate surface area is 114 Å². The number of hydrogen-bond acceptors (Lipinski definition) is 4. The van der Waals surface area contributed by atoms with Crippen molar-refractivity contribution in [3.05, 3.63) is 0 Å². The van der Waals surface area contributed by atoms with Crippen molar-refractivity contribution in [1.82, 2.24) is 4.90 Å². The molecular weight excluding hydrogens is 227 g/mol. The number of nitrogens with two attached hydrogens (primary N) is 1. The van der Waals surface area contributed by atoms with Gasteiger partial charge in [-0.2, -0.15) is 0 Å². The maximum atomic E-state index is 11.4. The summed E-state index contributed by atoms with van der Waals surface area (Å²) in [5, 5.41) is 8.87. The maximum absolute atomic E-state index is 11.4. The number of carboxylic acids is 1. The van der Waals surface area contributed by atoms with Crippen LogP contribution < -0.4 is 5.73 Å². The largest absolute Gasteiger partial charge is 0.480 e. The normalized spacial score (nSPS) is 36.6. The fourth-order valence-electron chi connectivity index (χ4n) is 2.04. The zero-order valence-electron chi connectivity index (χ0n) is 8.93. The molecule has 0 aromatic rings. The average Bonchev–Trinajstić information content (AvgIpc) is 2.34. The van der Waals surface area contributed by atoms with Crippen molar-refractivity contribution in [2.75, 3.05) is 0 Å². The third-order valence-corrected chi connectivity index (χ3v) is 4.31. The Morgan fingerprint density at radius 3 is 2.60 bits per heavy atom. The number of carbonyl (C=O) groups excluding carboxylic acids is 1. The number of rotatable bonds is 1. The Bertz CT molecular complexity index is 323. The van der Waals surface area contributed by atoms with Crippen molar-refractivity contribution >= 4 is 53.2 Å². The Morgan fingerprint density at radius 2 is 2.13 bits per heavy atom. The fourth-order valence-corrected chi connectivity index (χ4v) is 3.61. The van der Waals surface area contributed by atoms with Crippen molar-refractivity contribution in [2.24, 2.45) is 5.73 Å². The van der Waals surface area contributed by atoms with Gasteiger partial charge in [-0.15, -0.1) is 11.8 Å². The van der Waals surface area contributed by atoms with Crippen LogP contribution in [0.1, 0.15) is 13.8 Å². The van der Waals surface area contributed by atoms with Crippen LogP contribution in [-0.2, 0) is 9.59 Å². The quantitative estimate of drug-likeness (QED) is 0.457. The SMILES string of the molecule is CC1(C)S[C@@H]2[C@H](N)C(=O)N2[C@H]1C(=O)O.[Na]. The van der Waals surface area contributed by atoms with Crippen molar-refractivity contribution in [3.8, 4) is 0 Å². The molecule has 15 heavy (non-hydrogen) atoms. The molecule has 2 heterocycles. The van der Waals surface area contributed by atoms with Gasteiger partial charge >= 0.3 is 5.97 Å². The molecule has 0 aromatic carbocycles. The second kappa shape index (κ2) is 3.92. The molecule has 2 aliphatic rings. The molecule has 1 radical (unpaired) electrons. The minimum absolute atomic E-state index is 0. The number of thioether (sulfide) groups is 1. The van der Waals surface area contributed by atoms with E-state index in [1.165, 1.54) is 16.7 Å². The molecule has 0 aromatic heterocycles. The van der Waals surface area contributed by atoms with Gasteiger partial charge in [-0.1, -0.05) is 0 Å². The van der Waals surface area contributed by atoms with Crippen molar-refractivity contribution in [1.29, 1.82) is 0 Å². The summed E-state index contributed by atoms with van der Waals surface area (Å²) >= 11 is 1.47. The van der Waals surface area contributed by atoms with Crippen LogP contribution in [0.25, 0.3) is 0 Å². The molecule has 3 N–H and O–H groups in total. The molecule has 1 amide bonds. The Morgan fingerprint density at radius 1 is 1.60 bits per heavy atom. The van der Waals surface area contributed by atoms with Gasteiger partial charge in [0.25, 0.3) is 0 Å². The molecule has 79 valence electrons. The van der Waals surface area contributed by atoms with E-state index >= 15 is 0 Å². The number of β-lactam (4-membered cyclic amide) rings is 1. The van der Waals surface area contributed by atoms with E-state index in [0.29, 0.717) is 0 Å². The van der Waals surface area contributed by atoms with Crippen LogP contribution in [0.5, 0.6) is 0 Å². The molecule has 3 atom stereocenters. The van der Waals surface area contributed by atoms with Gasteiger partial charge in [0.05, 0.1) is 0 Å². The van der Waals surface area contributed by atoms with Gasteiger partial charge in [0.2, 0.25) is 5.91 Å². The summed E-state index contributed by atoms with van der Waals surface area (Å²) in [5.74, 6) is -1.20. The topological polar surface area (TPSA) is 83.6 Å². The summed E-state index contributed by atoms with van der Waals surface area (Å²) < 4.78 is -0.458. The third-order valence-electron chi connectivity index (χ3n) is 2.72. The van der Waals surface area contributed by atoms with Gasteiger partial charge in [-0.05, 0) is 13.8 Å². The van der Waals surface area contributed by atoms with Crippen LogP contribution >= 0.6 is 11.8 Å². The van der Waals surface area contributed by atoms with Gasteiger partial charge in [0.1, 0.15) is 17.5 Å².